The molecule has 3 heterocycles. The van der Waals surface area contributed by atoms with Crippen LogP contribution in [0.1, 0.15) is 45.9 Å². The predicted molar refractivity (Wildman–Crippen MR) is 150 cm³/mol. The molecule has 3 aromatic rings. The number of aromatic nitrogens is 1. The van der Waals surface area contributed by atoms with Gasteiger partial charge < -0.3 is 14.4 Å². The van der Waals surface area contributed by atoms with Crippen molar-refractivity contribution in [1.29, 1.82) is 0 Å². The number of sulfonamides is 1. The molecule has 3 atom stereocenters. The van der Waals surface area contributed by atoms with Crippen molar-refractivity contribution in [2.24, 2.45) is 7.05 Å². The van der Waals surface area contributed by atoms with Crippen molar-refractivity contribution >= 4 is 16.0 Å². The van der Waals surface area contributed by atoms with Crippen molar-refractivity contribution in [3.8, 4) is 11.1 Å². The molecule has 0 radical (unpaired) electrons. The molecule has 0 amide bonds. The van der Waals surface area contributed by atoms with Gasteiger partial charge in [0.1, 0.15) is 5.69 Å². The summed E-state index contributed by atoms with van der Waals surface area (Å²) in [6, 6.07) is 17.7. The van der Waals surface area contributed by atoms with Gasteiger partial charge in [-0.25, -0.2) is 13.2 Å². The molecule has 2 fully saturated rings. The van der Waals surface area contributed by atoms with Crippen LogP contribution in [-0.4, -0.2) is 78.7 Å². The second-order valence-electron chi connectivity index (χ2n) is 10.6. The summed E-state index contributed by atoms with van der Waals surface area (Å²) in [5.41, 5.74) is 6.14. The van der Waals surface area contributed by atoms with Gasteiger partial charge in [0, 0.05) is 38.1 Å². The third-order valence-corrected chi connectivity index (χ3v) is 10.6. The van der Waals surface area contributed by atoms with Crippen LogP contribution in [0.2, 0.25) is 0 Å². The number of rotatable bonds is 6. The molecule has 39 heavy (non-hydrogen) atoms. The van der Waals surface area contributed by atoms with Crippen LogP contribution in [0.5, 0.6) is 0 Å². The van der Waals surface area contributed by atoms with Gasteiger partial charge in [-0.1, -0.05) is 42.5 Å². The number of benzene rings is 2. The number of carbonyl (C=O) groups is 1. The lowest BCUT2D eigenvalue weighted by Crippen LogP contribution is -2.67. The number of esters is 1. The monoisotopic (exact) mass is 551 g/mol. The van der Waals surface area contributed by atoms with Gasteiger partial charge in [-0.2, -0.15) is 4.31 Å². The lowest BCUT2D eigenvalue weighted by molar-refractivity contribution is -0.0554. The van der Waals surface area contributed by atoms with E-state index in [9.17, 15) is 18.3 Å². The summed E-state index contributed by atoms with van der Waals surface area (Å²) in [6.45, 7) is 5.83. The summed E-state index contributed by atoms with van der Waals surface area (Å²) in [4.78, 5) is 14.4. The highest BCUT2D eigenvalue weighted by Gasteiger charge is 2.50. The zero-order chi connectivity index (χ0) is 27.9. The van der Waals surface area contributed by atoms with Gasteiger partial charge >= 0.3 is 5.97 Å². The Balaban J connectivity index is 1.44. The van der Waals surface area contributed by atoms with E-state index < -0.39 is 16.0 Å². The third kappa shape index (κ3) is 4.82. The summed E-state index contributed by atoms with van der Waals surface area (Å²) in [5, 5.41) is 10.4. The Labute approximate surface area is 230 Å². The first kappa shape index (κ1) is 27.6. The first-order valence-corrected chi connectivity index (χ1v) is 14.9. The SMILES string of the molecule is COC(=O)c1ccc(S(=O)(=O)N2CCCCN3C(CO)C(c4ccc(-c5cccc(C)c5C)cc4)[C@@H]3C2)n1C. The van der Waals surface area contributed by atoms with Crippen molar-refractivity contribution in [3.63, 3.8) is 0 Å². The largest absolute Gasteiger partial charge is 0.464 e. The van der Waals surface area contributed by atoms with E-state index in [-0.39, 0.29) is 35.3 Å². The highest BCUT2D eigenvalue weighted by Crippen LogP contribution is 2.43. The van der Waals surface area contributed by atoms with Gasteiger partial charge in [-0.05, 0) is 73.2 Å². The standard InChI is InChI=1S/C30H37N3O5S/c1-20-8-7-9-24(21(20)2)22-10-12-23(13-11-22)29-26-18-32(16-5-6-17-33(26)27(29)19-34)39(36,37)28-15-14-25(31(28)3)30(35)38-4/h7-15,26-27,29,34H,5-6,16-19H2,1-4H3/t26-,27?,29?/m0/s1. The summed E-state index contributed by atoms with van der Waals surface area (Å²) in [7, 11) is -1.01. The zero-order valence-electron chi connectivity index (χ0n) is 23.0. The maximum absolute atomic E-state index is 13.8. The van der Waals surface area contributed by atoms with Crippen molar-refractivity contribution in [2.75, 3.05) is 33.4 Å². The molecule has 0 aliphatic carbocycles. The van der Waals surface area contributed by atoms with Crippen LogP contribution in [0.4, 0.5) is 0 Å². The van der Waals surface area contributed by atoms with Crippen LogP contribution in [0.3, 0.4) is 0 Å². The van der Waals surface area contributed by atoms with Crippen molar-refractivity contribution in [1.82, 2.24) is 13.8 Å². The molecular weight excluding hydrogens is 514 g/mol. The lowest BCUT2D eigenvalue weighted by atomic mass is 9.74. The molecule has 2 aromatic carbocycles. The van der Waals surface area contributed by atoms with Crippen LogP contribution < -0.4 is 0 Å². The maximum atomic E-state index is 13.8. The van der Waals surface area contributed by atoms with Crippen molar-refractivity contribution in [3.05, 3.63) is 77.0 Å². The Hall–Kier alpha value is -2.98. The predicted octanol–water partition coefficient (Wildman–Crippen LogP) is 3.71. The van der Waals surface area contributed by atoms with E-state index >= 15 is 0 Å². The van der Waals surface area contributed by atoms with Gasteiger partial charge in [0.15, 0.2) is 5.03 Å². The van der Waals surface area contributed by atoms with E-state index in [1.165, 1.54) is 40.5 Å². The molecule has 8 nitrogen and oxygen atoms in total. The Morgan fingerprint density at radius 2 is 1.74 bits per heavy atom. The first-order valence-electron chi connectivity index (χ1n) is 13.5. The first-order chi connectivity index (χ1) is 18.7. The summed E-state index contributed by atoms with van der Waals surface area (Å²) < 4.78 is 35.4. The minimum absolute atomic E-state index is 0.0116. The number of hydrogen-bond acceptors (Lipinski definition) is 6. The van der Waals surface area contributed by atoms with Crippen LogP contribution in [0.15, 0.2) is 59.6 Å². The molecule has 1 N–H and O–H groups in total. The molecular formula is C30H37N3O5S. The number of aliphatic hydroxyl groups is 1. The fraction of sp³-hybridized carbons (Fsp3) is 0.433. The van der Waals surface area contributed by atoms with Crippen LogP contribution >= 0.6 is 0 Å². The molecule has 0 saturated carbocycles. The molecule has 0 spiro atoms. The fourth-order valence-electron chi connectivity index (χ4n) is 6.27. The summed E-state index contributed by atoms with van der Waals surface area (Å²) >= 11 is 0. The molecule has 9 heteroatoms. The number of nitrogens with zero attached hydrogens (tertiary/aromatic N) is 3. The molecule has 1 aromatic heterocycles. The number of aryl methyl sites for hydroxylation is 1. The topological polar surface area (TPSA) is 92.1 Å². The summed E-state index contributed by atoms with van der Waals surface area (Å²) in [5.74, 6) is -0.565. The Morgan fingerprint density at radius 3 is 2.44 bits per heavy atom. The highest BCUT2D eigenvalue weighted by molar-refractivity contribution is 7.89. The number of fused-ring (bicyclic) bond motifs is 1. The molecule has 2 aliphatic heterocycles. The summed E-state index contributed by atoms with van der Waals surface area (Å²) in [6.07, 6.45) is 1.57. The fourth-order valence-corrected chi connectivity index (χ4v) is 7.94. The van der Waals surface area contributed by atoms with Crippen molar-refractivity contribution < 1.29 is 23.1 Å². The number of hydrogen-bond donors (Lipinski definition) is 1. The van der Waals surface area contributed by atoms with Gasteiger partial charge in [0.25, 0.3) is 10.0 Å². The number of carbonyl (C=O) groups excluding carboxylic acids is 1. The quantitative estimate of drug-likeness (QED) is 0.470. The molecule has 0 bridgehead atoms. The molecule has 208 valence electrons. The highest BCUT2D eigenvalue weighted by atomic mass is 32.2. The van der Waals surface area contributed by atoms with Crippen LogP contribution in [0, 0.1) is 13.8 Å². The number of ether oxygens (including phenoxy) is 1. The minimum Gasteiger partial charge on any atom is -0.464 e. The van der Waals surface area contributed by atoms with E-state index in [1.807, 2.05) is 0 Å². The maximum Gasteiger partial charge on any atom is 0.354 e. The minimum atomic E-state index is -3.86. The lowest BCUT2D eigenvalue weighted by Gasteiger charge is -2.57. The Morgan fingerprint density at radius 1 is 1.03 bits per heavy atom. The van der Waals surface area contributed by atoms with Gasteiger partial charge in [-0.15, -0.1) is 0 Å². The van der Waals surface area contributed by atoms with Gasteiger partial charge in [0.2, 0.25) is 0 Å². The van der Waals surface area contributed by atoms with Gasteiger partial charge in [0.05, 0.1) is 13.7 Å². The van der Waals surface area contributed by atoms with Gasteiger partial charge in [-0.3, -0.25) is 4.90 Å². The zero-order valence-corrected chi connectivity index (χ0v) is 23.8. The Bertz CT molecular complexity index is 1460. The average Bonchev–Trinajstić information content (AvgIpc) is 3.31. The van der Waals surface area contributed by atoms with E-state index in [4.69, 9.17) is 4.74 Å². The van der Waals surface area contributed by atoms with Crippen LogP contribution in [0.25, 0.3) is 11.1 Å². The normalized spacial score (nSPS) is 22.4. The molecule has 2 unspecified atom stereocenters. The second-order valence-corrected chi connectivity index (χ2v) is 12.5. The molecule has 2 aliphatic rings. The van der Waals surface area contributed by atoms with E-state index in [0.29, 0.717) is 13.1 Å². The van der Waals surface area contributed by atoms with Crippen molar-refractivity contribution in [2.45, 2.75) is 49.7 Å². The molecule has 2 saturated heterocycles. The van der Waals surface area contributed by atoms with E-state index in [1.54, 1.807) is 11.4 Å². The van der Waals surface area contributed by atoms with E-state index in [0.717, 1.165) is 30.5 Å². The smallest absolute Gasteiger partial charge is 0.354 e. The van der Waals surface area contributed by atoms with Crippen LogP contribution in [-0.2, 0) is 21.8 Å². The molecule has 5 rings (SSSR count). The third-order valence-electron chi connectivity index (χ3n) is 8.62. The number of methoxy groups -OCH3 is 1. The second kappa shape index (κ2) is 10.9. The Kier molecular flexibility index (Phi) is 7.70. The van der Waals surface area contributed by atoms with E-state index in [2.05, 4.69) is 61.2 Å². The number of aliphatic hydroxyl groups excluding tert-OH is 1. The average molecular weight is 552 g/mol.